The summed E-state index contributed by atoms with van der Waals surface area (Å²) in [5.41, 5.74) is -0.622. The van der Waals surface area contributed by atoms with Gasteiger partial charge < -0.3 is 19.1 Å². The maximum atomic E-state index is 11.7. The van der Waals surface area contributed by atoms with E-state index in [0.29, 0.717) is 19.7 Å². The van der Waals surface area contributed by atoms with Gasteiger partial charge in [0.2, 0.25) is 0 Å². The van der Waals surface area contributed by atoms with Gasteiger partial charge in [0, 0.05) is 13.5 Å². The Kier molecular flexibility index (Phi) is 3.08. The first-order valence-electron chi connectivity index (χ1n) is 5.98. The maximum absolute atomic E-state index is 11.7. The van der Waals surface area contributed by atoms with Gasteiger partial charge in [0.15, 0.2) is 0 Å². The molecule has 1 unspecified atom stereocenters. The highest BCUT2D eigenvalue weighted by molar-refractivity contribution is 5.69. The van der Waals surface area contributed by atoms with Gasteiger partial charge in [-0.3, -0.25) is 0 Å². The van der Waals surface area contributed by atoms with Gasteiger partial charge in [-0.1, -0.05) is 0 Å². The summed E-state index contributed by atoms with van der Waals surface area (Å²) >= 11 is 0. The van der Waals surface area contributed by atoms with Crippen LogP contribution in [-0.4, -0.2) is 55.1 Å². The summed E-state index contributed by atoms with van der Waals surface area (Å²) < 4.78 is 16.3. The van der Waals surface area contributed by atoms with Gasteiger partial charge in [0.25, 0.3) is 0 Å². The standard InChI is InChI=1S/C12H21NO4/c1-11(2,3)17-10(14)13-7-12(8-13)5-9(15-4)6-16-12/h9H,5-8H2,1-4H3. The second kappa shape index (κ2) is 4.14. The molecule has 1 atom stereocenters. The number of ether oxygens (including phenoxy) is 3. The van der Waals surface area contributed by atoms with Gasteiger partial charge in [-0.2, -0.15) is 0 Å². The van der Waals surface area contributed by atoms with E-state index in [0.717, 1.165) is 6.42 Å². The summed E-state index contributed by atoms with van der Waals surface area (Å²) in [6, 6.07) is 0. The normalized spacial score (nSPS) is 27.1. The quantitative estimate of drug-likeness (QED) is 0.698. The van der Waals surface area contributed by atoms with Crippen LogP contribution in [-0.2, 0) is 14.2 Å². The zero-order valence-corrected chi connectivity index (χ0v) is 11.0. The number of hydrogen-bond donors (Lipinski definition) is 0. The van der Waals surface area contributed by atoms with Crippen molar-refractivity contribution in [1.82, 2.24) is 4.90 Å². The van der Waals surface area contributed by atoms with Crippen molar-refractivity contribution in [3.05, 3.63) is 0 Å². The third-order valence-electron chi connectivity index (χ3n) is 3.12. The first kappa shape index (κ1) is 12.6. The minimum absolute atomic E-state index is 0.163. The van der Waals surface area contributed by atoms with Crippen LogP contribution in [0.25, 0.3) is 0 Å². The number of carbonyl (C=O) groups is 1. The van der Waals surface area contributed by atoms with E-state index in [9.17, 15) is 4.79 Å². The summed E-state index contributed by atoms with van der Waals surface area (Å²) in [6.07, 6.45) is 0.770. The summed E-state index contributed by atoms with van der Waals surface area (Å²) in [5, 5.41) is 0. The predicted molar refractivity (Wildman–Crippen MR) is 61.9 cm³/mol. The molecule has 0 bridgehead atoms. The summed E-state index contributed by atoms with van der Waals surface area (Å²) in [4.78, 5) is 13.4. The highest BCUT2D eigenvalue weighted by Crippen LogP contribution is 2.36. The molecule has 0 saturated carbocycles. The molecule has 5 heteroatoms. The third-order valence-corrected chi connectivity index (χ3v) is 3.12. The van der Waals surface area contributed by atoms with E-state index in [1.165, 1.54) is 0 Å². The fourth-order valence-corrected chi connectivity index (χ4v) is 2.28. The Morgan fingerprint density at radius 2 is 2.06 bits per heavy atom. The van der Waals surface area contributed by atoms with Crippen molar-refractivity contribution in [1.29, 1.82) is 0 Å². The van der Waals surface area contributed by atoms with E-state index in [2.05, 4.69) is 0 Å². The maximum Gasteiger partial charge on any atom is 0.410 e. The molecule has 2 aliphatic heterocycles. The van der Waals surface area contributed by atoms with Crippen LogP contribution in [0.1, 0.15) is 27.2 Å². The molecule has 17 heavy (non-hydrogen) atoms. The highest BCUT2D eigenvalue weighted by atomic mass is 16.6. The smallest absolute Gasteiger partial charge is 0.410 e. The second-order valence-corrected chi connectivity index (χ2v) is 5.89. The molecule has 0 aromatic rings. The molecule has 0 aliphatic carbocycles. The Hall–Kier alpha value is -0.810. The summed E-state index contributed by atoms with van der Waals surface area (Å²) in [7, 11) is 1.69. The molecular formula is C12H21NO4. The fourth-order valence-electron chi connectivity index (χ4n) is 2.28. The lowest BCUT2D eigenvalue weighted by Crippen LogP contribution is -2.63. The van der Waals surface area contributed by atoms with E-state index in [1.807, 2.05) is 20.8 Å². The van der Waals surface area contributed by atoms with Crippen LogP contribution < -0.4 is 0 Å². The Balaban J connectivity index is 1.81. The topological polar surface area (TPSA) is 48.0 Å². The molecule has 2 fully saturated rings. The first-order valence-corrected chi connectivity index (χ1v) is 5.98. The van der Waals surface area contributed by atoms with Gasteiger partial charge >= 0.3 is 6.09 Å². The Morgan fingerprint density at radius 1 is 1.41 bits per heavy atom. The van der Waals surface area contributed by atoms with Crippen LogP contribution >= 0.6 is 0 Å². The van der Waals surface area contributed by atoms with Crippen molar-refractivity contribution in [2.24, 2.45) is 0 Å². The first-order chi connectivity index (χ1) is 7.84. The molecule has 1 spiro atoms. The SMILES string of the molecule is COC1COC2(C1)CN(C(=O)OC(C)(C)C)C2. The van der Waals surface area contributed by atoms with Crippen LogP contribution in [0.2, 0.25) is 0 Å². The van der Waals surface area contributed by atoms with Crippen molar-refractivity contribution < 1.29 is 19.0 Å². The van der Waals surface area contributed by atoms with Gasteiger partial charge in [-0.15, -0.1) is 0 Å². The molecule has 0 N–H and O–H groups in total. The molecule has 0 radical (unpaired) electrons. The molecule has 98 valence electrons. The molecule has 2 heterocycles. The van der Waals surface area contributed by atoms with Crippen LogP contribution in [0.4, 0.5) is 4.79 Å². The number of nitrogens with zero attached hydrogens (tertiary/aromatic N) is 1. The van der Waals surface area contributed by atoms with Crippen molar-refractivity contribution in [3.8, 4) is 0 Å². The van der Waals surface area contributed by atoms with E-state index >= 15 is 0 Å². The van der Waals surface area contributed by atoms with Crippen LogP contribution in [0.5, 0.6) is 0 Å². The van der Waals surface area contributed by atoms with Crippen molar-refractivity contribution in [2.75, 3.05) is 26.8 Å². The van der Waals surface area contributed by atoms with Crippen molar-refractivity contribution in [2.45, 2.75) is 44.5 Å². The lowest BCUT2D eigenvalue weighted by atomic mass is 9.90. The number of carbonyl (C=O) groups excluding carboxylic acids is 1. The zero-order valence-electron chi connectivity index (χ0n) is 11.0. The molecule has 0 aromatic heterocycles. The monoisotopic (exact) mass is 243 g/mol. The minimum Gasteiger partial charge on any atom is -0.444 e. The molecule has 2 saturated heterocycles. The average Bonchev–Trinajstić information content (AvgIpc) is 2.56. The van der Waals surface area contributed by atoms with Gasteiger partial charge in [-0.25, -0.2) is 4.79 Å². The molecular weight excluding hydrogens is 222 g/mol. The van der Waals surface area contributed by atoms with Crippen LogP contribution in [0.3, 0.4) is 0 Å². The van der Waals surface area contributed by atoms with E-state index in [-0.39, 0.29) is 17.8 Å². The van der Waals surface area contributed by atoms with Gasteiger partial charge in [0.05, 0.1) is 25.8 Å². The second-order valence-electron chi connectivity index (χ2n) is 5.89. The van der Waals surface area contributed by atoms with Crippen molar-refractivity contribution in [3.63, 3.8) is 0 Å². The molecule has 5 nitrogen and oxygen atoms in total. The summed E-state index contributed by atoms with van der Waals surface area (Å²) in [6.45, 7) is 7.45. The third kappa shape index (κ3) is 2.72. The van der Waals surface area contributed by atoms with Crippen LogP contribution in [0, 0.1) is 0 Å². The number of hydrogen-bond acceptors (Lipinski definition) is 4. The van der Waals surface area contributed by atoms with E-state index < -0.39 is 5.60 Å². The molecule has 0 aromatic carbocycles. The largest absolute Gasteiger partial charge is 0.444 e. The van der Waals surface area contributed by atoms with E-state index in [1.54, 1.807) is 12.0 Å². The number of methoxy groups -OCH3 is 1. The van der Waals surface area contributed by atoms with Gasteiger partial charge in [0.1, 0.15) is 11.2 Å². The Morgan fingerprint density at radius 3 is 2.53 bits per heavy atom. The zero-order chi connectivity index (χ0) is 12.7. The van der Waals surface area contributed by atoms with Crippen molar-refractivity contribution >= 4 is 6.09 Å². The van der Waals surface area contributed by atoms with Crippen LogP contribution in [0.15, 0.2) is 0 Å². The Labute approximate surface area is 102 Å². The molecule has 2 aliphatic rings. The molecule has 1 amide bonds. The number of amides is 1. The average molecular weight is 243 g/mol. The minimum atomic E-state index is -0.439. The number of rotatable bonds is 1. The lowest BCUT2D eigenvalue weighted by Gasteiger charge is -2.46. The highest BCUT2D eigenvalue weighted by Gasteiger charge is 2.52. The predicted octanol–water partition coefficient (Wildman–Crippen LogP) is 1.41. The molecule has 2 rings (SSSR count). The Bertz CT molecular complexity index is 304. The van der Waals surface area contributed by atoms with Gasteiger partial charge in [-0.05, 0) is 20.8 Å². The van der Waals surface area contributed by atoms with E-state index in [4.69, 9.17) is 14.2 Å². The summed E-state index contributed by atoms with van der Waals surface area (Å²) in [5.74, 6) is 0. The fraction of sp³-hybridized carbons (Fsp3) is 0.917. The lowest BCUT2D eigenvalue weighted by molar-refractivity contribution is -0.109. The number of likely N-dealkylation sites (tertiary alicyclic amines) is 1.